The third-order valence-corrected chi connectivity index (χ3v) is 2.74. The number of nitrogens with one attached hydrogen (secondary N) is 1. The molecule has 5 heteroatoms. The minimum absolute atomic E-state index is 0.0180. The second-order valence-corrected chi connectivity index (χ2v) is 4.31. The van der Waals surface area contributed by atoms with Gasteiger partial charge in [0.15, 0.2) is 5.82 Å². The molecule has 1 aromatic carbocycles. The second kappa shape index (κ2) is 5.00. The molecule has 2 aromatic rings. The number of aromatic nitrogens is 3. The van der Waals surface area contributed by atoms with Gasteiger partial charge in [-0.05, 0) is 25.5 Å². The SMILES string of the molecule is Cc1nc(CN(C)C(=O)c2ccccc2C)n[nH]1. The molecule has 94 valence electrons. The van der Waals surface area contributed by atoms with Crippen molar-refractivity contribution in [2.75, 3.05) is 7.05 Å². The zero-order valence-corrected chi connectivity index (χ0v) is 10.8. The van der Waals surface area contributed by atoms with Crippen molar-refractivity contribution < 1.29 is 4.79 Å². The zero-order valence-electron chi connectivity index (χ0n) is 10.8. The van der Waals surface area contributed by atoms with E-state index in [-0.39, 0.29) is 5.91 Å². The molecule has 0 fully saturated rings. The van der Waals surface area contributed by atoms with E-state index < -0.39 is 0 Å². The van der Waals surface area contributed by atoms with Gasteiger partial charge in [-0.3, -0.25) is 9.89 Å². The molecule has 0 aliphatic rings. The van der Waals surface area contributed by atoms with E-state index in [4.69, 9.17) is 0 Å². The van der Waals surface area contributed by atoms with Gasteiger partial charge in [0.25, 0.3) is 5.91 Å². The Balaban J connectivity index is 2.12. The highest BCUT2D eigenvalue weighted by atomic mass is 16.2. The molecule has 0 saturated heterocycles. The van der Waals surface area contributed by atoms with E-state index in [1.807, 2.05) is 38.1 Å². The van der Waals surface area contributed by atoms with E-state index in [1.165, 1.54) is 0 Å². The van der Waals surface area contributed by atoms with Crippen LogP contribution in [0.1, 0.15) is 27.6 Å². The lowest BCUT2D eigenvalue weighted by Crippen LogP contribution is -2.27. The Labute approximate surface area is 106 Å². The van der Waals surface area contributed by atoms with Gasteiger partial charge in [-0.15, -0.1) is 0 Å². The van der Waals surface area contributed by atoms with Crippen LogP contribution < -0.4 is 0 Å². The van der Waals surface area contributed by atoms with Crippen LogP contribution >= 0.6 is 0 Å². The fourth-order valence-corrected chi connectivity index (χ4v) is 1.76. The van der Waals surface area contributed by atoms with Gasteiger partial charge >= 0.3 is 0 Å². The zero-order chi connectivity index (χ0) is 13.1. The maximum Gasteiger partial charge on any atom is 0.254 e. The Hall–Kier alpha value is -2.17. The van der Waals surface area contributed by atoms with Crippen molar-refractivity contribution in [3.63, 3.8) is 0 Å². The van der Waals surface area contributed by atoms with Crippen molar-refractivity contribution >= 4 is 5.91 Å². The van der Waals surface area contributed by atoms with E-state index in [0.29, 0.717) is 17.9 Å². The van der Waals surface area contributed by atoms with Crippen molar-refractivity contribution in [3.8, 4) is 0 Å². The molecule has 1 N–H and O–H groups in total. The lowest BCUT2D eigenvalue weighted by molar-refractivity contribution is 0.0781. The summed E-state index contributed by atoms with van der Waals surface area (Å²) in [5, 5.41) is 6.79. The average Bonchev–Trinajstić information content (AvgIpc) is 2.74. The Bertz CT molecular complexity index is 562. The molecule has 0 atom stereocenters. The Morgan fingerprint density at radius 1 is 1.33 bits per heavy atom. The molecule has 0 aliphatic carbocycles. The largest absolute Gasteiger partial charge is 0.334 e. The first-order valence-corrected chi connectivity index (χ1v) is 5.77. The van der Waals surface area contributed by atoms with Crippen molar-refractivity contribution in [2.24, 2.45) is 0 Å². The number of hydrogen-bond donors (Lipinski definition) is 1. The normalized spacial score (nSPS) is 10.4. The van der Waals surface area contributed by atoms with Crippen LogP contribution in [-0.2, 0) is 6.54 Å². The van der Waals surface area contributed by atoms with Gasteiger partial charge in [-0.25, -0.2) is 4.98 Å². The van der Waals surface area contributed by atoms with Gasteiger partial charge in [0.05, 0.1) is 6.54 Å². The van der Waals surface area contributed by atoms with Crippen LogP contribution in [0.25, 0.3) is 0 Å². The van der Waals surface area contributed by atoms with Gasteiger partial charge < -0.3 is 4.90 Å². The molecule has 0 radical (unpaired) electrons. The van der Waals surface area contributed by atoms with Crippen molar-refractivity contribution in [2.45, 2.75) is 20.4 Å². The van der Waals surface area contributed by atoms with Crippen LogP contribution in [0, 0.1) is 13.8 Å². The number of hydrogen-bond acceptors (Lipinski definition) is 3. The number of H-pyrrole nitrogens is 1. The molecule has 0 spiro atoms. The van der Waals surface area contributed by atoms with Gasteiger partial charge in [0.2, 0.25) is 0 Å². The molecule has 18 heavy (non-hydrogen) atoms. The number of aryl methyl sites for hydroxylation is 2. The smallest absolute Gasteiger partial charge is 0.254 e. The van der Waals surface area contributed by atoms with E-state index in [1.54, 1.807) is 11.9 Å². The molecule has 5 nitrogen and oxygen atoms in total. The minimum Gasteiger partial charge on any atom is -0.334 e. The molecular weight excluding hydrogens is 228 g/mol. The van der Waals surface area contributed by atoms with E-state index in [0.717, 1.165) is 11.4 Å². The summed E-state index contributed by atoms with van der Waals surface area (Å²) in [5.74, 6) is 1.36. The predicted molar refractivity (Wildman–Crippen MR) is 68.1 cm³/mol. The van der Waals surface area contributed by atoms with E-state index in [2.05, 4.69) is 15.2 Å². The summed E-state index contributed by atoms with van der Waals surface area (Å²) in [7, 11) is 1.75. The molecule has 1 amide bonds. The quantitative estimate of drug-likeness (QED) is 0.893. The number of carbonyl (C=O) groups is 1. The monoisotopic (exact) mass is 244 g/mol. The molecule has 0 saturated carbocycles. The Morgan fingerprint density at radius 3 is 2.67 bits per heavy atom. The average molecular weight is 244 g/mol. The van der Waals surface area contributed by atoms with Crippen LogP contribution in [-0.4, -0.2) is 33.0 Å². The van der Waals surface area contributed by atoms with Crippen LogP contribution in [0.3, 0.4) is 0 Å². The Morgan fingerprint density at radius 2 is 2.06 bits per heavy atom. The molecule has 1 aromatic heterocycles. The second-order valence-electron chi connectivity index (χ2n) is 4.31. The standard InChI is InChI=1S/C13H16N4O/c1-9-6-4-5-7-11(9)13(18)17(3)8-12-14-10(2)15-16-12/h4-7H,8H2,1-3H3,(H,14,15,16). The number of carbonyl (C=O) groups excluding carboxylic acids is 1. The summed E-state index contributed by atoms with van der Waals surface area (Å²) in [4.78, 5) is 18.0. The highest BCUT2D eigenvalue weighted by Gasteiger charge is 2.15. The summed E-state index contributed by atoms with van der Waals surface area (Å²) < 4.78 is 0. The molecule has 0 unspecified atom stereocenters. The molecule has 1 heterocycles. The lowest BCUT2D eigenvalue weighted by Gasteiger charge is -2.16. The van der Waals surface area contributed by atoms with Gasteiger partial charge in [-0.2, -0.15) is 5.10 Å². The predicted octanol–water partition coefficient (Wildman–Crippen LogP) is 1.69. The molecule has 0 aliphatic heterocycles. The molecule has 2 rings (SSSR count). The van der Waals surface area contributed by atoms with E-state index in [9.17, 15) is 4.79 Å². The summed E-state index contributed by atoms with van der Waals surface area (Å²) >= 11 is 0. The number of rotatable bonds is 3. The van der Waals surface area contributed by atoms with Gasteiger partial charge in [0, 0.05) is 12.6 Å². The highest BCUT2D eigenvalue weighted by molar-refractivity contribution is 5.95. The maximum atomic E-state index is 12.2. The number of benzene rings is 1. The summed E-state index contributed by atoms with van der Waals surface area (Å²) in [6.45, 7) is 4.16. The van der Waals surface area contributed by atoms with Crippen LogP contribution in [0.15, 0.2) is 24.3 Å². The Kier molecular flexibility index (Phi) is 3.41. The third-order valence-electron chi connectivity index (χ3n) is 2.74. The van der Waals surface area contributed by atoms with Crippen LogP contribution in [0.4, 0.5) is 0 Å². The fraction of sp³-hybridized carbons (Fsp3) is 0.308. The third kappa shape index (κ3) is 2.56. The van der Waals surface area contributed by atoms with Crippen LogP contribution in [0.5, 0.6) is 0 Å². The minimum atomic E-state index is -0.0180. The summed E-state index contributed by atoms with van der Waals surface area (Å²) in [6.07, 6.45) is 0. The first kappa shape index (κ1) is 12.3. The number of amides is 1. The number of nitrogens with zero attached hydrogens (tertiary/aromatic N) is 3. The topological polar surface area (TPSA) is 61.9 Å². The first-order chi connectivity index (χ1) is 8.58. The van der Waals surface area contributed by atoms with Crippen molar-refractivity contribution in [3.05, 3.63) is 47.0 Å². The van der Waals surface area contributed by atoms with Gasteiger partial charge in [0.1, 0.15) is 5.82 Å². The summed E-state index contributed by atoms with van der Waals surface area (Å²) in [5.41, 5.74) is 1.69. The van der Waals surface area contributed by atoms with Crippen molar-refractivity contribution in [1.29, 1.82) is 0 Å². The number of aromatic amines is 1. The van der Waals surface area contributed by atoms with Crippen molar-refractivity contribution in [1.82, 2.24) is 20.1 Å². The fourth-order valence-electron chi connectivity index (χ4n) is 1.76. The van der Waals surface area contributed by atoms with Crippen LogP contribution in [0.2, 0.25) is 0 Å². The summed E-state index contributed by atoms with van der Waals surface area (Å²) in [6, 6.07) is 7.55. The first-order valence-electron chi connectivity index (χ1n) is 5.77. The lowest BCUT2D eigenvalue weighted by atomic mass is 10.1. The van der Waals surface area contributed by atoms with Gasteiger partial charge in [-0.1, -0.05) is 18.2 Å². The maximum absolute atomic E-state index is 12.2. The molecular formula is C13H16N4O. The molecule has 0 bridgehead atoms. The highest BCUT2D eigenvalue weighted by Crippen LogP contribution is 2.10. The van der Waals surface area contributed by atoms with E-state index >= 15 is 0 Å².